The van der Waals surface area contributed by atoms with Crippen LogP contribution in [0.1, 0.15) is 10.5 Å². The molecule has 0 saturated carbocycles. The second kappa shape index (κ2) is 8.92. The number of methoxy groups -OCH3 is 2. The topological polar surface area (TPSA) is 88.6 Å². The summed E-state index contributed by atoms with van der Waals surface area (Å²) in [7, 11) is 7.07. The van der Waals surface area contributed by atoms with Gasteiger partial charge >= 0.3 is 0 Å². The Morgan fingerprint density at radius 3 is 2.41 bits per heavy atom. The van der Waals surface area contributed by atoms with E-state index in [1.54, 1.807) is 38.5 Å². The Morgan fingerprint density at radius 1 is 1.00 bits per heavy atom. The van der Waals surface area contributed by atoms with E-state index in [4.69, 9.17) is 9.47 Å². The lowest BCUT2D eigenvalue weighted by atomic mass is 10.2. The summed E-state index contributed by atoms with van der Waals surface area (Å²) < 4.78 is 10.6. The summed E-state index contributed by atoms with van der Waals surface area (Å²) in [5, 5.41) is 5.90. The lowest BCUT2D eigenvalue weighted by molar-refractivity contribution is 0.102. The Hall–Kier alpha value is -3.81. The molecule has 0 bridgehead atoms. The van der Waals surface area contributed by atoms with Gasteiger partial charge in [0.15, 0.2) is 0 Å². The summed E-state index contributed by atoms with van der Waals surface area (Å²) in [6.07, 6.45) is 1.52. The van der Waals surface area contributed by atoms with Crippen molar-refractivity contribution in [2.24, 2.45) is 0 Å². The second-order valence-electron chi connectivity index (χ2n) is 6.35. The molecule has 0 atom stereocenters. The number of carbonyl (C=O) groups excluding carboxylic acids is 1. The molecule has 0 aliphatic carbocycles. The van der Waals surface area contributed by atoms with Gasteiger partial charge in [-0.1, -0.05) is 0 Å². The molecule has 8 heteroatoms. The van der Waals surface area contributed by atoms with Gasteiger partial charge in [-0.25, -0.2) is 9.97 Å². The molecule has 150 valence electrons. The molecule has 2 N–H and O–H groups in total. The van der Waals surface area contributed by atoms with E-state index in [2.05, 4.69) is 20.6 Å². The molecule has 0 aliphatic heterocycles. The molecule has 1 amide bonds. The molecule has 3 aromatic rings. The Bertz CT molecular complexity index is 990. The van der Waals surface area contributed by atoms with E-state index in [1.165, 1.54) is 6.20 Å². The van der Waals surface area contributed by atoms with Gasteiger partial charge in [0.05, 0.1) is 19.9 Å². The van der Waals surface area contributed by atoms with E-state index in [-0.39, 0.29) is 17.5 Å². The van der Waals surface area contributed by atoms with Crippen molar-refractivity contribution in [3.8, 4) is 11.5 Å². The standard InChI is InChI=1S/C21H23N5O3/c1-26(2)15-7-5-14(6-8-15)23-20(27)17-11-12-22-21(24-17)25-18-13-16(28-3)9-10-19(18)29-4/h5-13H,1-4H3,(H,23,27)(H,22,24,25). The number of ether oxygens (including phenoxy) is 2. The largest absolute Gasteiger partial charge is 0.497 e. The molecule has 2 aromatic carbocycles. The normalized spacial score (nSPS) is 10.2. The van der Waals surface area contributed by atoms with E-state index in [9.17, 15) is 4.79 Å². The average molecular weight is 393 g/mol. The molecular formula is C21H23N5O3. The van der Waals surface area contributed by atoms with Crippen molar-refractivity contribution in [2.75, 3.05) is 43.8 Å². The third-order valence-electron chi connectivity index (χ3n) is 4.18. The summed E-state index contributed by atoms with van der Waals surface area (Å²) in [6, 6.07) is 14.4. The molecule has 1 aromatic heterocycles. The van der Waals surface area contributed by atoms with Gasteiger partial charge in [0.1, 0.15) is 17.2 Å². The van der Waals surface area contributed by atoms with Crippen LogP contribution in [-0.2, 0) is 0 Å². The highest BCUT2D eigenvalue weighted by Crippen LogP contribution is 2.30. The van der Waals surface area contributed by atoms with E-state index < -0.39 is 0 Å². The van der Waals surface area contributed by atoms with Crippen LogP contribution in [-0.4, -0.2) is 44.2 Å². The Kier molecular flexibility index (Phi) is 6.13. The van der Waals surface area contributed by atoms with Crippen LogP contribution in [0, 0.1) is 0 Å². The fourth-order valence-electron chi connectivity index (χ4n) is 2.62. The average Bonchev–Trinajstić information content (AvgIpc) is 2.74. The highest BCUT2D eigenvalue weighted by Gasteiger charge is 2.12. The highest BCUT2D eigenvalue weighted by atomic mass is 16.5. The zero-order valence-electron chi connectivity index (χ0n) is 16.8. The first-order chi connectivity index (χ1) is 14.0. The van der Waals surface area contributed by atoms with Crippen molar-refractivity contribution in [3.63, 3.8) is 0 Å². The molecule has 8 nitrogen and oxygen atoms in total. The molecule has 3 rings (SSSR count). The summed E-state index contributed by atoms with van der Waals surface area (Å²) in [5.41, 5.74) is 2.59. The van der Waals surface area contributed by atoms with Crippen LogP contribution in [0.5, 0.6) is 11.5 Å². The zero-order valence-corrected chi connectivity index (χ0v) is 16.8. The van der Waals surface area contributed by atoms with E-state index in [1.807, 2.05) is 43.3 Å². The van der Waals surface area contributed by atoms with Crippen LogP contribution in [0.4, 0.5) is 23.0 Å². The van der Waals surface area contributed by atoms with E-state index in [0.29, 0.717) is 22.9 Å². The van der Waals surface area contributed by atoms with E-state index >= 15 is 0 Å². The summed E-state index contributed by atoms with van der Waals surface area (Å²) in [5.74, 6) is 1.20. The van der Waals surface area contributed by atoms with Gasteiger partial charge in [-0.05, 0) is 42.5 Å². The number of nitrogens with one attached hydrogen (secondary N) is 2. The number of nitrogens with zero attached hydrogens (tertiary/aromatic N) is 3. The first kappa shape index (κ1) is 19.9. The fourth-order valence-corrected chi connectivity index (χ4v) is 2.62. The highest BCUT2D eigenvalue weighted by molar-refractivity contribution is 6.03. The van der Waals surface area contributed by atoms with Crippen LogP contribution >= 0.6 is 0 Å². The minimum absolute atomic E-state index is 0.237. The van der Waals surface area contributed by atoms with Crippen molar-refractivity contribution in [2.45, 2.75) is 0 Å². The van der Waals surface area contributed by atoms with Gasteiger partial charge in [-0.3, -0.25) is 4.79 Å². The number of carbonyl (C=O) groups is 1. The van der Waals surface area contributed by atoms with Crippen LogP contribution in [0.25, 0.3) is 0 Å². The van der Waals surface area contributed by atoms with Crippen molar-refractivity contribution < 1.29 is 14.3 Å². The molecule has 1 heterocycles. The molecule has 0 spiro atoms. The number of amides is 1. The number of hydrogen-bond donors (Lipinski definition) is 2. The SMILES string of the molecule is COc1ccc(OC)c(Nc2nccc(C(=O)Nc3ccc(N(C)C)cc3)n2)c1. The molecule has 0 saturated heterocycles. The molecule has 29 heavy (non-hydrogen) atoms. The molecule has 0 unspecified atom stereocenters. The predicted molar refractivity (Wildman–Crippen MR) is 114 cm³/mol. The molecule has 0 radical (unpaired) electrons. The summed E-state index contributed by atoms with van der Waals surface area (Å²) in [4.78, 5) is 23.0. The van der Waals surface area contributed by atoms with Crippen LogP contribution in [0.2, 0.25) is 0 Å². The maximum absolute atomic E-state index is 12.6. The third-order valence-corrected chi connectivity index (χ3v) is 4.18. The number of rotatable bonds is 7. The van der Waals surface area contributed by atoms with Crippen molar-refractivity contribution >= 4 is 28.9 Å². The van der Waals surface area contributed by atoms with Gasteiger partial charge in [-0.2, -0.15) is 0 Å². The lowest BCUT2D eigenvalue weighted by Crippen LogP contribution is -2.15. The monoisotopic (exact) mass is 393 g/mol. The van der Waals surface area contributed by atoms with Crippen molar-refractivity contribution in [3.05, 3.63) is 60.4 Å². The van der Waals surface area contributed by atoms with Crippen LogP contribution < -0.4 is 25.0 Å². The third kappa shape index (κ3) is 4.92. The number of aromatic nitrogens is 2. The fraction of sp³-hybridized carbons (Fsp3) is 0.190. The smallest absolute Gasteiger partial charge is 0.274 e. The summed E-state index contributed by atoms with van der Waals surface area (Å²) in [6.45, 7) is 0. The molecule has 0 aliphatic rings. The zero-order chi connectivity index (χ0) is 20.8. The quantitative estimate of drug-likeness (QED) is 0.634. The first-order valence-electron chi connectivity index (χ1n) is 8.91. The van der Waals surface area contributed by atoms with Gasteiger partial charge in [-0.15, -0.1) is 0 Å². The second-order valence-corrected chi connectivity index (χ2v) is 6.35. The molecule has 0 fully saturated rings. The number of benzene rings is 2. The lowest BCUT2D eigenvalue weighted by Gasteiger charge is -2.13. The number of anilines is 4. The maximum atomic E-state index is 12.6. The Balaban J connectivity index is 1.76. The minimum Gasteiger partial charge on any atom is -0.497 e. The van der Waals surface area contributed by atoms with Crippen LogP contribution in [0.3, 0.4) is 0 Å². The van der Waals surface area contributed by atoms with Gasteiger partial charge in [0, 0.05) is 37.7 Å². The predicted octanol–water partition coefficient (Wildman–Crippen LogP) is 3.56. The maximum Gasteiger partial charge on any atom is 0.274 e. The first-order valence-corrected chi connectivity index (χ1v) is 8.91. The summed E-state index contributed by atoms with van der Waals surface area (Å²) >= 11 is 0. The Morgan fingerprint density at radius 2 is 1.76 bits per heavy atom. The molecular weight excluding hydrogens is 370 g/mol. The number of hydrogen-bond acceptors (Lipinski definition) is 7. The minimum atomic E-state index is -0.328. The van der Waals surface area contributed by atoms with E-state index in [0.717, 1.165) is 5.69 Å². The van der Waals surface area contributed by atoms with Crippen molar-refractivity contribution in [1.82, 2.24) is 9.97 Å². The van der Waals surface area contributed by atoms with Gasteiger partial charge in [0.2, 0.25) is 5.95 Å². The Labute approximate surface area is 169 Å². The van der Waals surface area contributed by atoms with Crippen LogP contribution in [0.15, 0.2) is 54.7 Å². The van der Waals surface area contributed by atoms with Gasteiger partial charge < -0.3 is 25.0 Å². The van der Waals surface area contributed by atoms with Crippen molar-refractivity contribution in [1.29, 1.82) is 0 Å². The van der Waals surface area contributed by atoms with Gasteiger partial charge in [0.25, 0.3) is 5.91 Å².